The molecule has 1 fully saturated rings. The molecule has 1 rings (SSSR count). The van der Waals surface area contributed by atoms with E-state index in [0.29, 0.717) is 6.42 Å². The molecule has 0 aromatic carbocycles. The lowest BCUT2D eigenvalue weighted by atomic mass is 10.3. The summed E-state index contributed by atoms with van der Waals surface area (Å²) >= 11 is 0. The summed E-state index contributed by atoms with van der Waals surface area (Å²) in [6.07, 6.45) is 0.405. The summed E-state index contributed by atoms with van der Waals surface area (Å²) in [6, 6.07) is 0. The standard InChI is InChI=1S/C4H8O4S/c1-4-2-3-7-9(5,6)8-4/h4H,2-3H2,1H3/t4-/m0/s1. The van der Waals surface area contributed by atoms with Crippen LogP contribution in [0.4, 0.5) is 0 Å². The Labute approximate surface area is 54.1 Å². The Balaban J connectivity index is 2.62. The minimum Gasteiger partial charge on any atom is -0.248 e. The monoisotopic (exact) mass is 152 g/mol. The topological polar surface area (TPSA) is 52.6 Å². The van der Waals surface area contributed by atoms with Gasteiger partial charge in [0, 0.05) is 0 Å². The highest BCUT2D eigenvalue weighted by Crippen LogP contribution is 2.11. The molecule has 1 heterocycles. The Bertz CT molecular complexity index is 183. The van der Waals surface area contributed by atoms with E-state index in [1.165, 1.54) is 0 Å². The quantitative estimate of drug-likeness (QED) is 0.492. The molecule has 1 atom stereocenters. The lowest BCUT2D eigenvalue weighted by Crippen LogP contribution is -2.25. The third kappa shape index (κ3) is 1.92. The first-order valence-corrected chi connectivity index (χ1v) is 4.01. The normalized spacial score (nSPS) is 34.1. The van der Waals surface area contributed by atoms with E-state index in [0.717, 1.165) is 0 Å². The van der Waals surface area contributed by atoms with E-state index < -0.39 is 10.4 Å². The van der Waals surface area contributed by atoms with Crippen LogP contribution in [0.15, 0.2) is 0 Å². The van der Waals surface area contributed by atoms with Gasteiger partial charge in [-0.3, -0.25) is 0 Å². The van der Waals surface area contributed by atoms with Crippen LogP contribution in [0, 0.1) is 0 Å². The predicted octanol–water partition coefficient (Wildman–Crippen LogP) is 0.0566. The largest absolute Gasteiger partial charge is 0.400 e. The van der Waals surface area contributed by atoms with E-state index in [1.54, 1.807) is 6.92 Å². The third-order valence-electron chi connectivity index (χ3n) is 1.03. The van der Waals surface area contributed by atoms with Crippen molar-refractivity contribution in [1.82, 2.24) is 0 Å². The summed E-state index contributed by atoms with van der Waals surface area (Å²) in [6.45, 7) is 1.93. The molecule has 0 spiro atoms. The van der Waals surface area contributed by atoms with Crippen LogP contribution in [0.2, 0.25) is 0 Å². The Morgan fingerprint density at radius 3 is 2.56 bits per heavy atom. The second-order valence-electron chi connectivity index (χ2n) is 1.93. The maximum Gasteiger partial charge on any atom is 0.400 e. The van der Waals surface area contributed by atoms with Gasteiger partial charge in [-0.1, -0.05) is 0 Å². The maximum atomic E-state index is 10.4. The van der Waals surface area contributed by atoms with Gasteiger partial charge in [-0.15, -0.1) is 0 Å². The lowest BCUT2D eigenvalue weighted by molar-refractivity contribution is 0.103. The van der Waals surface area contributed by atoms with Crippen molar-refractivity contribution in [2.45, 2.75) is 19.4 Å². The molecule has 0 saturated carbocycles. The third-order valence-corrected chi connectivity index (χ3v) is 2.05. The molecule has 1 aliphatic heterocycles. The van der Waals surface area contributed by atoms with Gasteiger partial charge in [-0.05, 0) is 13.3 Å². The molecule has 1 aliphatic rings. The van der Waals surface area contributed by atoms with Gasteiger partial charge in [0.25, 0.3) is 0 Å². The molecule has 0 aliphatic carbocycles. The average molecular weight is 152 g/mol. The molecule has 0 bridgehead atoms. The van der Waals surface area contributed by atoms with Crippen molar-refractivity contribution in [3.63, 3.8) is 0 Å². The van der Waals surface area contributed by atoms with Crippen LogP contribution in [-0.2, 0) is 18.8 Å². The van der Waals surface area contributed by atoms with Gasteiger partial charge in [-0.25, -0.2) is 8.37 Å². The summed E-state index contributed by atoms with van der Waals surface area (Å²) in [5.41, 5.74) is 0. The smallest absolute Gasteiger partial charge is 0.248 e. The van der Waals surface area contributed by atoms with Crippen molar-refractivity contribution >= 4 is 10.4 Å². The molecule has 4 nitrogen and oxygen atoms in total. The first kappa shape index (κ1) is 6.98. The molecule has 0 N–H and O–H groups in total. The fourth-order valence-corrected chi connectivity index (χ4v) is 1.45. The molecular weight excluding hydrogens is 144 g/mol. The van der Waals surface area contributed by atoms with Crippen molar-refractivity contribution in [3.8, 4) is 0 Å². The highest BCUT2D eigenvalue weighted by Gasteiger charge is 2.22. The van der Waals surface area contributed by atoms with Crippen molar-refractivity contribution in [2.75, 3.05) is 6.61 Å². The van der Waals surface area contributed by atoms with Crippen LogP contribution in [0.5, 0.6) is 0 Å². The first-order chi connectivity index (χ1) is 4.10. The SMILES string of the molecule is C[C@H]1CCOS(=O)(=O)O1. The molecule has 1 saturated heterocycles. The molecular formula is C4H8O4S. The van der Waals surface area contributed by atoms with Crippen LogP contribution in [-0.4, -0.2) is 21.1 Å². The lowest BCUT2D eigenvalue weighted by Gasteiger charge is -2.17. The molecule has 0 aromatic rings. The molecule has 0 aromatic heterocycles. The zero-order valence-electron chi connectivity index (χ0n) is 5.03. The second-order valence-corrected chi connectivity index (χ2v) is 3.17. The summed E-state index contributed by atoms with van der Waals surface area (Å²) in [4.78, 5) is 0. The van der Waals surface area contributed by atoms with Gasteiger partial charge >= 0.3 is 10.4 Å². The fourth-order valence-electron chi connectivity index (χ4n) is 0.593. The summed E-state index contributed by atoms with van der Waals surface area (Å²) < 4.78 is 29.5. The predicted molar refractivity (Wildman–Crippen MR) is 30.0 cm³/mol. The summed E-state index contributed by atoms with van der Waals surface area (Å²) in [5.74, 6) is 0. The van der Waals surface area contributed by atoms with E-state index in [1.807, 2.05) is 0 Å². The van der Waals surface area contributed by atoms with Crippen LogP contribution in [0.25, 0.3) is 0 Å². The Morgan fingerprint density at radius 2 is 2.22 bits per heavy atom. The van der Waals surface area contributed by atoms with Gasteiger partial charge in [0.1, 0.15) is 0 Å². The van der Waals surface area contributed by atoms with Gasteiger partial charge in [0.05, 0.1) is 12.7 Å². The van der Waals surface area contributed by atoms with Crippen molar-refractivity contribution in [2.24, 2.45) is 0 Å². The van der Waals surface area contributed by atoms with Crippen molar-refractivity contribution in [3.05, 3.63) is 0 Å². The second kappa shape index (κ2) is 2.24. The molecule has 0 unspecified atom stereocenters. The Morgan fingerprint density at radius 1 is 1.56 bits per heavy atom. The van der Waals surface area contributed by atoms with Gasteiger partial charge in [-0.2, -0.15) is 8.42 Å². The van der Waals surface area contributed by atoms with Crippen molar-refractivity contribution in [1.29, 1.82) is 0 Å². The number of hydrogen-bond donors (Lipinski definition) is 0. The molecule has 9 heavy (non-hydrogen) atoms. The van der Waals surface area contributed by atoms with Gasteiger partial charge < -0.3 is 0 Å². The van der Waals surface area contributed by atoms with Crippen LogP contribution < -0.4 is 0 Å². The number of hydrogen-bond acceptors (Lipinski definition) is 4. The number of rotatable bonds is 0. The van der Waals surface area contributed by atoms with E-state index in [9.17, 15) is 8.42 Å². The minimum absolute atomic E-state index is 0.233. The molecule has 0 amide bonds. The van der Waals surface area contributed by atoms with Crippen LogP contribution in [0.1, 0.15) is 13.3 Å². The van der Waals surface area contributed by atoms with E-state index in [2.05, 4.69) is 8.37 Å². The highest BCUT2D eigenvalue weighted by atomic mass is 32.3. The Hall–Kier alpha value is -0.130. The van der Waals surface area contributed by atoms with Gasteiger partial charge in [0.15, 0.2) is 0 Å². The zero-order chi connectivity index (χ0) is 6.91. The maximum absolute atomic E-state index is 10.4. The molecule has 0 radical (unpaired) electrons. The first-order valence-electron chi connectivity index (χ1n) is 2.68. The zero-order valence-corrected chi connectivity index (χ0v) is 5.85. The van der Waals surface area contributed by atoms with E-state index in [4.69, 9.17) is 0 Å². The van der Waals surface area contributed by atoms with Gasteiger partial charge in [0.2, 0.25) is 0 Å². The van der Waals surface area contributed by atoms with Crippen LogP contribution >= 0.6 is 0 Å². The highest BCUT2D eigenvalue weighted by molar-refractivity contribution is 7.81. The molecule has 54 valence electrons. The molecule has 5 heteroatoms. The van der Waals surface area contributed by atoms with Crippen LogP contribution in [0.3, 0.4) is 0 Å². The average Bonchev–Trinajstić information content (AvgIpc) is 1.60. The van der Waals surface area contributed by atoms with E-state index in [-0.39, 0.29) is 12.7 Å². The summed E-state index contributed by atoms with van der Waals surface area (Å²) in [7, 11) is -3.63. The van der Waals surface area contributed by atoms with Crippen molar-refractivity contribution < 1.29 is 16.8 Å². The van der Waals surface area contributed by atoms with E-state index >= 15 is 0 Å². The Kier molecular flexibility index (Phi) is 1.74. The fraction of sp³-hybridized carbons (Fsp3) is 1.00. The summed E-state index contributed by atoms with van der Waals surface area (Å²) in [5, 5.41) is 0. The minimum atomic E-state index is -3.63.